The monoisotopic (exact) mass is 233 g/mol. The first kappa shape index (κ1) is 12.4. The topological polar surface area (TPSA) is 21.3 Å². The zero-order valence-electron chi connectivity index (χ0n) is 10.7. The van der Waals surface area contributed by atoms with E-state index in [1.54, 1.807) is 0 Å². The lowest BCUT2D eigenvalue weighted by atomic mass is 10.0. The number of rotatable bonds is 8. The highest BCUT2D eigenvalue weighted by Crippen LogP contribution is 2.48. The fourth-order valence-electron chi connectivity index (χ4n) is 2.12. The number of hydrogen-bond acceptors (Lipinski definition) is 2. The maximum absolute atomic E-state index is 5.76. The molecule has 1 aromatic rings. The Morgan fingerprint density at radius 2 is 2.00 bits per heavy atom. The average Bonchev–Trinajstić information content (AvgIpc) is 3.11. The van der Waals surface area contributed by atoms with Gasteiger partial charge in [-0.25, -0.2) is 0 Å². The van der Waals surface area contributed by atoms with Crippen LogP contribution in [0.15, 0.2) is 30.3 Å². The number of ether oxygens (including phenoxy) is 1. The molecule has 0 heterocycles. The molecule has 0 saturated heterocycles. The van der Waals surface area contributed by atoms with Crippen molar-refractivity contribution in [3.63, 3.8) is 0 Å². The van der Waals surface area contributed by atoms with Crippen molar-refractivity contribution < 1.29 is 4.74 Å². The van der Waals surface area contributed by atoms with E-state index in [1.165, 1.54) is 32.2 Å². The SMILES string of the molecule is CCCNCC1(CCOc2ccccc2)CC1. The van der Waals surface area contributed by atoms with Crippen LogP contribution in [0.3, 0.4) is 0 Å². The number of nitrogens with one attached hydrogen (secondary N) is 1. The lowest BCUT2D eigenvalue weighted by Crippen LogP contribution is -2.26. The fourth-order valence-corrected chi connectivity index (χ4v) is 2.12. The van der Waals surface area contributed by atoms with E-state index in [-0.39, 0.29) is 0 Å². The van der Waals surface area contributed by atoms with E-state index < -0.39 is 0 Å². The molecule has 0 aliphatic heterocycles. The quantitative estimate of drug-likeness (QED) is 0.696. The maximum atomic E-state index is 5.76. The summed E-state index contributed by atoms with van der Waals surface area (Å²) in [5.41, 5.74) is 0.546. The van der Waals surface area contributed by atoms with E-state index in [2.05, 4.69) is 12.2 Å². The molecule has 0 bridgehead atoms. The molecule has 0 amide bonds. The molecule has 1 saturated carbocycles. The first-order valence-electron chi connectivity index (χ1n) is 6.73. The molecule has 0 spiro atoms. The summed E-state index contributed by atoms with van der Waals surface area (Å²) in [4.78, 5) is 0. The second-order valence-electron chi connectivity index (χ2n) is 5.09. The van der Waals surface area contributed by atoms with Crippen molar-refractivity contribution in [3.8, 4) is 5.75 Å². The van der Waals surface area contributed by atoms with Gasteiger partial charge in [0.2, 0.25) is 0 Å². The molecule has 1 aliphatic carbocycles. The van der Waals surface area contributed by atoms with Crippen LogP contribution in [0.25, 0.3) is 0 Å². The predicted octanol–water partition coefficient (Wildman–Crippen LogP) is 3.24. The molecule has 2 nitrogen and oxygen atoms in total. The summed E-state index contributed by atoms with van der Waals surface area (Å²) in [5, 5.41) is 3.53. The minimum absolute atomic E-state index is 0.546. The van der Waals surface area contributed by atoms with E-state index in [9.17, 15) is 0 Å². The van der Waals surface area contributed by atoms with Crippen molar-refractivity contribution in [3.05, 3.63) is 30.3 Å². The minimum atomic E-state index is 0.546. The molecule has 2 rings (SSSR count). The lowest BCUT2D eigenvalue weighted by molar-refractivity contribution is 0.265. The van der Waals surface area contributed by atoms with Crippen LogP contribution in [-0.4, -0.2) is 19.7 Å². The zero-order valence-corrected chi connectivity index (χ0v) is 10.7. The van der Waals surface area contributed by atoms with Gasteiger partial charge in [-0.3, -0.25) is 0 Å². The second kappa shape index (κ2) is 6.06. The summed E-state index contributed by atoms with van der Waals surface area (Å²) >= 11 is 0. The maximum Gasteiger partial charge on any atom is 0.119 e. The molecule has 0 aromatic heterocycles. The minimum Gasteiger partial charge on any atom is -0.494 e. The van der Waals surface area contributed by atoms with Crippen LogP contribution in [0.5, 0.6) is 5.75 Å². The van der Waals surface area contributed by atoms with Gasteiger partial charge in [-0.15, -0.1) is 0 Å². The van der Waals surface area contributed by atoms with Crippen LogP contribution in [0.4, 0.5) is 0 Å². The summed E-state index contributed by atoms with van der Waals surface area (Å²) in [6.45, 7) is 5.36. The van der Waals surface area contributed by atoms with Crippen molar-refractivity contribution in [2.45, 2.75) is 32.6 Å². The number of hydrogen-bond donors (Lipinski definition) is 1. The van der Waals surface area contributed by atoms with E-state index in [1.807, 2.05) is 30.3 Å². The zero-order chi connectivity index (χ0) is 12.0. The Bertz CT molecular complexity index is 319. The molecule has 1 fully saturated rings. The van der Waals surface area contributed by atoms with Gasteiger partial charge in [0.15, 0.2) is 0 Å². The Balaban J connectivity index is 1.65. The van der Waals surface area contributed by atoms with Gasteiger partial charge in [-0.1, -0.05) is 25.1 Å². The van der Waals surface area contributed by atoms with E-state index in [0.717, 1.165) is 18.9 Å². The smallest absolute Gasteiger partial charge is 0.119 e. The molecule has 1 aromatic carbocycles. The Hall–Kier alpha value is -1.02. The summed E-state index contributed by atoms with van der Waals surface area (Å²) in [5.74, 6) is 0.991. The van der Waals surface area contributed by atoms with Gasteiger partial charge in [0.05, 0.1) is 6.61 Å². The first-order valence-corrected chi connectivity index (χ1v) is 6.73. The van der Waals surface area contributed by atoms with Crippen LogP contribution in [0, 0.1) is 5.41 Å². The van der Waals surface area contributed by atoms with Gasteiger partial charge < -0.3 is 10.1 Å². The van der Waals surface area contributed by atoms with E-state index in [4.69, 9.17) is 4.74 Å². The van der Waals surface area contributed by atoms with Crippen LogP contribution in [-0.2, 0) is 0 Å². The summed E-state index contributed by atoms with van der Waals surface area (Å²) in [6.07, 6.45) is 5.12. The Morgan fingerprint density at radius 1 is 1.24 bits per heavy atom. The molecule has 0 unspecified atom stereocenters. The highest BCUT2D eigenvalue weighted by atomic mass is 16.5. The first-order chi connectivity index (χ1) is 8.35. The van der Waals surface area contributed by atoms with E-state index >= 15 is 0 Å². The van der Waals surface area contributed by atoms with E-state index in [0.29, 0.717) is 5.41 Å². The van der Waals surface area contributed by atoms with Crippen molar-refractivity contribution >= 4 is 0 Å². The molecule has 94 valence electrons. The van der Waals surface area contributed by atoms with Crippen molar-refractivity contribution in [1.29, 1.82) is 0 Å². The summed E-state index contributed by atoms with van der Waals surface area (Å²) in [6, 6.07) is 10.1. The largest absolute Gasteiger partial charge is 0.494 e. The molecule has 1 N–H and O–H groups in total. The van der Waals surface area contributed by atoms with Gasteiger partial charge in [0.1, 0.15) is 5.75 Å². The molecule has 2 heteroatoms. The Labute approximate surface area is 104 Å². The Kier molecular flexibility index (Phi) is 4.43. The average molecular weight is 233 g/mol. The second-order valence-corrected chi connectivity index (χ2v) is 5.09. The lowest BCUT2D eigenvalue weighted by Gasteiger charge is -2.16. The molecule has 0 radical (unpaired) electrons. The van der Waals surface area contributed by atoms with Crippen LogP contribution in [0.2, 0.25) is 0 Å². The molecule has 17 heavy (non-hydrogen) atoms. The van der Waals surface area contributed by atoms with Crippen LogP contribution in [0.1, 0.15) is 32.6 Å². The van der Waals surface area contributed by atoms with Gasteiger partial charge in [-0.05, 0) is 49.8 Å². The number of para-hydroxylation sites is 1. The third-order valence-electron chi connectivity index (χ3n) is 3.53. The Morgan fingerprint density at radius 3 is 2.65 bits per heavy atom. The molecular weight excluding hydrogens is 210 g/mol. The normalized spacial score (nSPS) is 16.8. The summed E-state index contributed by atoms with van der Waals surface area (Å²) < 4.78 is 5.76. The molecular formula is C15H23NO. The van der Waals surface area contributed by atoms with Gasteiger partial charge in [0, 0.05) is 6.54 Å². The van der Waals surface area contributed by atoms with Gasteiger partial charge in [-0.2, -0.15) is 0 Å². The van der Waals surface area contributed by atoms with Crippen molar-refractivity contribution in [2.24, 2.45) is 5.41 Å². The highest BCUT2D eigenvalue weighted by molar-refractivity contribution is 5.20. The van der Waals surface area contributed by atoms with Crippen LogP contribution < -0.4 is 10.1 Å². The standard InChI is InChI=1S/C15H23NO/c1-2-11-16-13-15(8-9-15)10-12-17-14-6-4-3-5-7-14/h3-7,16H,2,8-13H2,1H3. The fraction of sp³-hybridized carbons (Fsp3) is 0.600. The van der Waals surface area contributed by atoms with Crippen molar-refractivity contribution in [1.82, 2.24) is 5.32 Å². The highest BCUT2D eigenvalue weighted by Gasteiger charge is 2.41. The summed E-state index contributed by atoms with van der Waals surface area (Å²) in [7, 11) is 0. The third kappa shape index (κ3) is 4.04. The van der Waals surface area contributed by atoms with Crippen LogP contribution >= 0.6 is 0 Å². The third-order valence-corrected chi connectivity index (χ3v) is 3.53. The van der Waals surface area contributed by atoms with Gasteiger partial charge in [0.25, 0.3) is 0 Å². The molecule has 1 aliphatic rings. The van der Waals surface area contributed by atoms with Gasteiger partial charge >= 0.3 is 0 Å². The van der Waals surface area contributed by atoms with Crippen molar-refractivity contribution in [2.75, 3.05) is 19.7 Å². The predicted molar refractivity (Wildman–Crippen MR) is 71.4 cm³/mol. The molecule has 0 atom stereocenters. The number of benzene rings is 1.